The van der Waals surface area contributed by atoms with E-state index in [0.717, 1.165) is 43.7 Å². The molecule has 172 valence electrons. The average Bonchev–Trinajstić information content (AvgIpc) is 3.39. The molecule has 7 heteroatoms. The first-order valence-corrected chi connectivity index (χ1v) is 12.0. The lowest BCUT2D eigenvalue weighted by Gasteiger charge is -2.62. The van der Waals surface area contributed by atoms with E-state index in [-0.39, 0.29) is 29.8 Å². The van der Waals surface area contributed by atoms with Gasteiger partial charge in [-0.15, -0.1) is 0 Å². The molecule has 3 aliphatic heterocycles. The Bertz CT molecular complexity index is 985. The summed E-state index contributed by atoms with van der Waals surface area (Å²) in [6, 6.07) is 3.70. The number of Topliss-reactive ketones (excluding diaryl/α,β-unsaturated/α-hetero) is 1. The van der Waals surface area contributed by atoms with Crippen LogP contribution in [-0.4, -0.2) is 65.3 Å². The van der Waals surface area contributed by atoms with Crippen LogP contribution in [0.5, 0.6) is 11.5 Å². The summed E-state index contributed by atoms with van der Waals surface area (Å²) >= 11 is 0. The molecule has 1 unspecified atom stereocenters. The van der Waals surface area contributed by atoms with Crippen LogP contribution in [0.3, 0.4) is 0 Å². The van der Waals surface area contributed by atoms with Gasteiger partial charge in [0, 0.05) is 31.2 Å². The molecule has 7 nitrogen and oxygen atoms in total. The number of ketones is 1. The van der Waals surface area contributed by atoms with E-state index in [2.05, 4.69) is 4.90 Å². The number of carbonyl (C=O) groups is 2. The topological polar surface area (TPSA) is 85.3 Å². The molecule has 3 fully saturated rings. The molecular formula is C25H31NO6. The van der Waals surface area contributed by atoms with Gasteiger partial charge in [0.15, 0.2) is 23.4 Å². The van der Waals surface area contributed by atoms with Crippen LogP contribution in [0.1, 0.15) is 57.1 Å². The predicted molar refractivity (Wildman–Crippen MR) is 115 cm³/mol. The number of nitrogens with zero attached hydrogens (tertiary/aromatic N) is 1. The SMILES string of the molecule is CC(C)C(=O)Oc1ccc2c3c1O[C@H]1C(=O)CC[C@@]4(O)[C@@H](C2)N(CC2CCCO2)CC[C@]314. The van der Waals surface area contributed by atoms with Gasteiger partial charge in [-0.3, -0.25) is 14.5 Å². The number of carbonyl (C=O) groups excluding carboxylic acids is 2. The third-order valence-electron chi connectivity index (χ3n) is 8.50. The Morgan fingerprint density at radius 3 is 2.94 bits per heavy atom. The van der Waals surface area contributed by atoms with Crippen LogP contribution < -0.4 is 9.47 Å². The van der Waals surface area contributed by atoms with Crippen LogP contribution >= 0.6 is 0 Å². The summed E-state index contributed by atoms with van der Waals surface area (Å²) in [7, 11) is 0. The normalized spacial score (nSPS) is 37.4. The summed E-state index contributed by atoms with van der Waals surface area (Å²) in [5, 5.41) is 12.3. The molecule has 0 radical (unpaired) electrons. The molecule has 1 N–H and O–H groups in total. The monoisotopic (exact) mass is 441 g/mol. The van der Waals surface area contributed by atoms with Gasteiger partial charge in [0.25, 0.3) is 0 Å². The van der Waals surface area contributed by atoms with E-state index >= 15 is 0 Å². The lowest BCUT2D eigenvalue weighted by atomic mass is 9.49. The van der Waals surface area contributed by atoms with Crippen molar-refractivity contribution in [2.45, 2.75) is 81.6 Å². The van der Waals surface area contributed by atoms with Crippen LogP contribution in [0.4, 0.5) is 0 Å². The molecule has 2 bridgehead atoms. The van der Waals surface area contributed by atoms with Crippen LogP contribution in [0, 0.1) is 5.92 Å². The van der Waals surface area contributed by atoms with Gasteiger partial charge < -0.3 is 19.3 Å². The third-order valence-corrected chi connectivity index (χ3v) is 8.50. The smallest absolute Gasteiger partial charge is 0.313 e. The zero-order chi connectivity index (χ0) is 22.3. The minimum Gasteiger partial charge on any atom is -0.477 e. The first-order valence-electron chi connectivity index (χ1n) is 12.0. The summed E-state index contributed by atoms with van der Waals surface area (Å²) in [5.41, 5.74) is 0.165. The molecule has 1 saturated carbocycles. The number of aliphatic hydroxyl groups is 1. The number of ether oxygens (including phenoxy) is 3. The highest BCUT2D eigenvalue weighted by molar-refractivity contribution is 5.90. The molecule has 2 saturated heterocycles. The highest BCUT2D eigenvalue weighted by Gasteiger charge is 2.73. The molecule has 32 heavy (non-hydrogen) atoms. The summed E-state index contributed by atoms with van der Waals surface area (Å²) in [6.07, 6.45) is 3.71. The Balaban J connectivity index is 1.45. The lowest BCUT2D eigenvalue weighted by Crippen LogP contribution is -2.76. The van der Waals surface area contributed by atoms with Gasteiger partial charge in [-0.25, -0.2) is 0 Å². The van der Waals surface area contributed by atoms with Crippen molar-refractivity contribution in [1.29, 1.82) is 0 Å². The maximum absolute atomic E-state index is 13.1. The first-order chi connectivity index (χ1) is 15.3. The van der Waals surface area contributed by atoms with Crippen molar-refractivity contribution in [1.82, 2.24) is 4.90 Å². The molecule has 5 aliphatic rings. The Morgan fingerprint density at radius 2 is 2.19 bits per heavy atom. The summed E-state index contributed by atoms with van der Waals surface area (Å²) in [6.45, 7) is 5.99. The minimum absolute atomic E-state index is 0.0335. The zero-order valence-corrected chi connectivity index (χ0v) is 18.8. The second kappa shape index (κ2) is 7.02. The fourth-order valence-electron chi connectivity index (χ4n) is 6.98. The van der Waals surface area contributed by atoms with Crippen molar-refractivity contribution >= 4 is 11.8 Å². The van der Waals surface area contributed by atoms with Crippen LogP contribution in [-0.2, 0) is 26.2 Å². The average molecular weight is 442 g/mol. The van der Waals surface area contributed by atoms with Crippen molar-refractivity contribution in [2.75, 3.05) is 19.7 Å². The predicted octanol–water partition coefficient (Wildman–Crippen LogP) is 2.15. The second-order valence-corrected chi connectivity index (χ2v) is 10.5. The number of piperidine rings is 1. The number of hydrogen-bond donors (Lipinski definition) is 1. The van der Waals surface area contributed by atoms with Gasteiger partial charge in [0.1, 0.15) is 0 Å². The summed E-state index contributed by atoms with van der Waals surface area (Å²) in [5.74, 6) is 0.275. The van der Waals surface area contributed by atoms with Crippen molar-refractivity contribution in [3.63, 3.8) is 0 Å². The van der Waals surface area contributed by atoms with Gasteiger partial charge in [-0.05, 0) is 50.3 Å². The van der Waals surface area contributed by atoms with E-state index in [9.17, 15) is 14.7 Å². The van der Waals surface area contributed by atoms with Crippen LogP contribution in [0.15, 0.2) is 12.1 Å². The standard InChI is InChI=1S/C25H31NO6/c1-14(2)23(28)31-18-6-5-15-12-19-25(29)8-7-17(27)22-24(25,20(15)21(18)32-22)9-10-26(19)13-16-4-3-11-30-16/h5-6,14,16,19,22,29H,3-4,7-13H2,1-2H3/t16?,19-,22+,24+,25-/m1/s1. The number of hydrogen-bond acceptors (Lipinski definition) is 7. The number of esters is 1. The minimum atomic E-state index is -1.05. The van der Waals surface area contributed by atoms with Gasteiger partial charge in [0.2, 0.25) is 0 Å². The number of rotatable bonds is 4. The van der Waals surface area contributed by atoms with Gasteiger partial charge in [0.05, 0.1) is 23.0 Å². The summed E-state index contributed by atoms with van der Waals surface area (Å²) in [4.78, 5) is 27.8. The van der Waals surface area contributed by atoms with Crippen LogP contribution in [0.2, 0.25) is 0 Å². The van der Waals surface area contributed by atoms with Crippen molar-refractivity contribution in [3.05, 3.63) is 23.3 Å². The Morgan fingerprint density at radius 1 is 1.34 bits per heavy atom. The van der Waals surface area contributed by atoms with Crippen molar-refractivity contribution in [3.8, 4) is 11.5 Å². The Kier molecular flexibility index (Phi) is 4.52. The first kappa shape index (κ1) is 20.6. The molecule has 0 aromatic heterocycles. The van der Waals surface area contributed by atoms with Crippen LogP contribution in [0.25, 0.3) is 0 Å². The van der Waals surface area contributed by atoms with Gasteiger partial charge >= 0.3 is 5.97 Å². The largest absolute Gasteiger partial charge is 0.477 e. The molecule has 1 aromatic carbocycles. The highest BCUT2D eigenvalue weighted by atomic mass is 16.6. The quantitative estimate of drug-likeness (QED) is 0.566. The van der Waals surface area contributed by atoms with E-state index in [1.807, 2.05) is 6.07 Å². The highest BCUT2D eigenvalue weighted by Crippen LogP contribution is 2.64. The van der Waals surface area contributed by atoms with E-state index in [0.29, 0.717) is 37.2 Å². The zero-order valence-electron chi connectivity index (χ0n) is 18.8. The maximum Gasteiger partial charge on any atom is 0.313 e. The van der Waals surface area contributed by atoms with E-state index in [4.69, 9.17) is 14.2 Å². The van der Waals surface area contributed by atoms with E-state index < -0.39 is 17.1 Å². The van der Waals surface area contributed by atoms with Gasteiger partial charge in [-0.1, -0.05) is 19.9 Å². The molecule has 1 aromatic rings. The van der Waals surface area contributed by atoms with E-state index in [1.54, 1.807) is 19.9 Å². The number of likely N-dealkylation sites (tertiary alicyclic amines) is 1. The number of benzene rings is 1. The summed E-state index contributed by atoms with van der Waals surface area (Å²) < 4.78 is 17.9. The van der Waals surface area contributed by atoms with Gasteiger partial charge in [-0.2, -0.15) is 0 Å². The fourth-order valence-corrected chi connectivity index (χ4v) is 6.98. The molecule has 2 aliphatic carbocycles. The molecule has 6 rings (SSSR count). The second-order valence-electron chi connectivity index (χ2n) is 10.5. The van der Waals surface area contributed by atoms with Crippen molar-refractivity contribution in [2.24, 2.45) is 5.92 Å². The Hall–Kier alpha value is -1.96. The fraction of sp³-hybridized carbons (Fsp3) is 0.680. The lowest BCUT2D eigenvalue weighted by molar-refractivity contribution is -0.191. The molecular weight excluding hydrogens is 410 g/mol. The Labute approximate surface area is 188 Å². The molecule has 5 atom stereocenters. The molecule has 3 heterocycles. The molecule has 0 amide bonds. The maximum atomic E-state index is 13.1. The van der Waals surface area contributed by atoms with Crippen molar-refractivity contribution < 1.29 is 28.9 Å². The molecule has 1 spiro atoms. The van der Waals surface area contributed by atoms with E-state index in [1.165, 1.54) is 0 Å². The third kappa shape index (κ3) is 2.59.